The van der Waals surface area contributed by atoms with Crippen LogP contribution >= 0.6 is 0 Å². The summed E-state index contributed by atoms with van der Waals surface area (Å²) >= 11 is 0. The summed E-state index contributed by atoms with van der Waals surface area (Å²) in [5.74, 6) is 0.482. The van der Waals surface area contributed by atoms with Gasteiger partial charge < -0.3 is 43.7 Å². The molecule has 0 fully saturated rings. The predicted molar refractivity (Wildman–Crippen MR) is 246 cm³/mol. The van der Waals surface area contributed by atoms with Crippen LogP contribution in [0.15, 0.2) is 115 Å². The van der Waals surface area contributed by atoms with Crippen molar-refractivity contribution in [2.24, 2.45) is 0 Å². The molecule has 0 aliphatic rings. The maximum Gasteiger partial charge on any atom is 0.310 e. The lowest BCUT2D eigenvalue weighted by atomic mass is 10.1. The molecule has 344 valence electrons. The van der Waals surface area contributed by atoms with Crippen LogP contribution in [0.5, 0.6) is 34.5 Å². The largest absolute Gasteiger partial charge is 0.504 e. The minimum absolute atomic E-state index is 0.0579. The summed E-state index contributed by atoms with van der Waals surface area (Å²) in [6, 6.07) is 34.9. The molecule has 0 atom stereocenters. The summed E-state index contributed by atoms with van der Waals surface area (Å²) in [6.07, 6.45) is 9.41. The average molecular weight is 881 g/mol. The van der Waals surface area contributed by atoms with Crippen LogP contribution in [0.4, 0.5) is 0 Å². The molecule has 0 amide bonds. The number of esters is 3. The summed E-state index contributed by atoms with van der Waals surface area (Å²) in [7, 11) is 4.43. The van der Waals surface area contributed by atoms with Crippen LogP contribution in [0.1, 0.15) is 79.7 Å². The molecule has 0 aromatic heterocycles. The summed E-state index contributed by atoms with van der Waals surface area (Å²) < 4.78 is 30.7. The molecule has 0 heterocycles. The van der Waals surface area contributed by atoms with E-state index < -0.39 is 0 Å². The van der Waals surface area contributed by atoms with Crippen LogP contribution in [0.25, 0.3) is 0 Å². The number of carbonyl (C=O) groups is 3. The third-order valence-corrected chi connectivity index (χ3v) is 9.72. The fraction of sp³-hybridized carbons (Fsp3) is 0.365. The molecule has 0 aliphatic heterocycles. The summed E-state index contributed by atoms with van der Waals surface area (Å²) in [6.45, 7) is 3.46. The molecular formula is C52H64O12. The number of hydrogen-bond acceptors (Lipinski definition) is 12. The van der Waals surface area contributed by atoms with Crippen LogP contribution in [-0.2, 0) is 60.7 Å². The SMILES string of the molecule is CCCCCCOC(=O)Cc1ccc(O)c(OC)c1.COc1cc(CC(=O)OCCCCc2ccccc2)ccc1O.COc1cc(CC(=O)OCCCc2ccccc2)ccc1O. The van der Waals surface area contributed by atoms with E-state index in [1.54, 1.807) is 36.4 Å². The molecule has 0 saturated heterocycles. The molecule has 0 bridgehead atoms. The summed E-state index contributed by atoms with van der Waals surface area (Å²) in [4.78, 5) is 35.2. The highest BCUT2D eigenvalue weighted by molar-refractivity contribution is 5.74. The van der Waals surface area contributed by atoms with E-state index in [4.69, 9.17) is 28.4 Å². The highest BCUT2D eigenvalue weighted by Crippen LogP contribution is 2.28. The van der Waals surface area contributed by atoms with E-state index in [0.717, 1.165) is 61.6 Å². The number of rotatable bonds is 23. The summed E-state index contributed by atoms with van der Waals surface area (Å²) in [5, 5.41) is 28.5. The molecule has 5 aromatic rings. The predicted octanol–water partition coefficient (Wildman–Crippen LogP) is 9.70. The molecule has 5 rings (SSSR count). The molecule has 0 aliphatic carbocycles. The van der Waals surface area contributed by atoms with Crippen molar-refractivity contribution in [3.05, 3.63) is 143 Å². The first-order valence-electron chi connectivity index (χ1n) is 21.7. The minimum Gasteiger partial charge on any atom is -0.504 e. The van der Waals surface area contributed by atoms with Crippen LogP contribution in [0.3, 0.4) is 0 Å². The Labute approximate surface area is 377 Å². The number of methoxy groups -OCH3 is 3. The van der Waals surface area contributed by atoms with Crippen molar-refractivity contribution in [3.8, 4) is 34.5 Å². The molecule has 0 radical (unpaired) electrons. The molecule has 3 N–H and O–H groups in total. The van der Waals surface area contributed by atoms with E-state index in [-0.39, 0.29) is 54.4 Å². The second kappa shape index (κ2) is 30.4. The van der Waals surface area contributed by atoms with Crippen molar-refractivity contribution in [1.29, 1.82) is 0 Å². The number of unbranched alkanes of at least 4 members (excludes halogenated alkanes) is 4. The van der Waals surface area contributed by atoms with Gasteiger partial charge in [0, 0.05) is 0 Å². The zero-order valence-electron chi connectivity index (χ0n) is 37.6. The standard InChI is InChI=1S/C19H22O4.C18H20O4.C15H22O4/c1-22-18-13-16(10-11-17(18)20)14-19(21)23-12-6-5-9-15-7-3-2-4-8-15;1-21-17-12-15(9-10-16(17)19)13-18(20)22-11-5-8-14-6-3-2-4-7-14;1-3-4-5-6-9-19-15(17)11-12-7-8-13(16)14(10-12)18-2/h2-4,7-8,10-11,13,20H,5-6,9,12,14H2,1H3;2-4,6-7,9-10,12,19H,5,8,11,13H2,1H3;7-8,10,16H,3-6,9,11H2,1-2H3. The number of ether oxygens (including phenoxy) is 6. The number of hydrogen-bond donors (Lipinski definition) is 3. The third kappa shape index (κ3) is 20.9. The van der Waals surface area contributed by atoms with Gasteiger partial charge in [-0.2, -0.15) is 0 Å². The van der Waals surface area contributed by atoms with Crippen LogP contribution in [0, 0.1) is 0 Å². The van der Waals surface area contributed by atoms with Crippen LogP contribution in [-0.4, -0.2) is 74.4 Å². The Balaban J connectivity index is 0.000000257. The zero-order valence-corrected chi connectivity index (χ0v) is 37.6. The Bertz CT molecular complexity index is 2100. The molecule has 0 saturated carbocycles. The normalized spacial score (nSPS) is 10.2. The Morgan fingerprint density at radius 3 is 1.11 bits per heavy atom. The molecule has 5 aromatic carbocycles. The number of benzene rings is 5. The van der Waals surface area contributed by atoms with E-state index in [0.29, 0.717) is 37.1 Å². The number of aromatic hydroxyl groups is 3. The highest BCUT2D eigenvalue weighted by Gasteiger charge is 2.11. The lowest BCUT2D eigenvalue weighted by molar-refractivity contribution is -0.143. The van der Waals surface area contributed by atoms with Gasteiger partial charge in [-0.25, -0.2) is 0 Å². The molecule has 12 heteroatoms. The van der Waals surface area contributed by atoms with Crippen LogP contribution in [0.2, 0.25) is 0 Å². The van der Waals surface area contributed by atoms with E-state index in [9.17, 15) is 29.7 Å². The van der Waals surface area contributed by atoms with Gasteiger partial charge in [0.05, 0.1) is 60.4 Å². The monoisotopic (exact) mass is 880 g/mol. The number of phenols is 3. The van der Waals surface area contributed by atoms with E-state index in [1.807, 2.05) is 36.4 Å². The van der Waals surface area contributed by atoms with Gasteiger partial charge in [0.25, 0.3) is 0 Å². The maximum atomic E-state index is 11.8. The molecule has 12 nitrogen and oxygen atoms in total. The van der Waals surface area contributed by atoms with E-state index >= 15 is 0 Å². The summed E-state index contributed by atoms with van der Waals surface area (Å²) in [5.41, 5.74) is 4.82. The second-order valence-corrected chi connectivity index (χ2v) is 14.8. The first-order chi connectivity index (χ1) is 31.0. The van der Waals surface area contributed by atoms with Crippen molar-refractivity contribution >= 4 is 17.9 Å². The molecule has 0 unspecified atom stereocenters. The lowest BCUT2D eigenvalue weighted by Gasteiger charge is -2.07. The molecule has 64 heavy (non-hydrogen) atoms. The number of carbonyl (C=O) groups excluding carboxylic acids is 3. The molecule has 0 spiro atoms. The Kier molecular flexibility index (Phi) is 24.5. The van der Waals surface area contributed by atoms with Gasteiger partial charge in [0.1, 0.15) is 0 Å². The fourth-order valence-corrected chi connectivity index (χ4v) is 6.23. The third-order valence-electron chi connectivity index (χ3n) is 9.72. The van der Waals surface area contributed by atoms with Crippen molar-refractivity contribution in [3.63, 3.8) is 0 Å². The van der Waals surface area contributed by atoms with Crippen molar-refractivity contribution < 1.29 is 58.1 Å². The average Bonchev–Trinajstić information content (AvgIpc) is 3.30. The van der Waals surface area contributed by atoms with Crippen molar-refractivity contribution in [2.75, 3.05) is 41.2 Å². The first-order valence-corrected chi connectivity index (χ1v) is 21.7. The topological polar surface area (TPSA) is 167 Å². The zero-order chi connectivity index (χ0) is 46.4. The molecular weight excluding hydrogens is 817 g/mol. The minimum atomic E-state index is -0.277. The van der Waals surface area contributed by atoms with Crippen molar-refractivity contribution in [1.82, 2.24) is 0 Å². The van der Waals surface area contributed by atoms with Gasteiger partial charge in [-0.1, -0.05) is 105 Å². The van der Waals surface area contributed by atoms with Crippen molar-refractivity contribution in [2.45, 2.75) is 84.0 Å². The second-order valence-electron chi connectivity index (χ2n) is 14.8. The fourth-order valence-electron chi connectivity index (χ4n) is 6.23. The maximum absolute atomic E-state index is 11.8. The van der Waals surface area contributed by atoms with Gasteiger partial charge >= 0.3 is 17.9 Å². The van der Waals surface area contributed by atoms with Gasteiger partial charge in [-0.3, -0.25) is 14.4 Å². The number of phenolic OH excluding ortho intramolecular Hbond substituents is 3. The Morgan fingerprint density at radius 2 is 0.750 bits per heavy atom. The van der Waals surface area contributed by atoms with E-state index in [1.165, 1.54) is 63.5 Å². The number of aryl methyl sites for hydroxylation is 2. The van der Waals surface area contributed by atoms with Gasteiger partial charge in [-0.05, 0) is 103 Å². The first kappa shape index (κ1) is 51.7. The van der Waals surface area contributed by atoms with Gasteiger partial charge in [0.15, 0.2) is 34.5 Å². The van der Waals surface area contributed by atoms with E-state index in [2.05, 4.69) is 31.2 Å². The van der Waals surface area contributed by atoms with Gasteiger partial charge in [0.2, 0.25) is 0 Å². The smallest absolute Gasteiger partial charge is 0.310 e. The van der Waals surface area contributed by atoms with Gasteiger partial charge in [-0.15, -0.1) is 0 Å². The quantitative estimate of drug-likeness (QED) is 0.0323. The van der Waals surface area contributed by atoms with Crippen LogP contribution < -0.4 is 14.2 Å². The lowest BCUT2D eigenvalue weighted by Crippen LogP contribution is -2.09. The Hall–Kier alpha value is -6.69. The highest BCUT2D eigenvalue weighted by atomic mass is 16.5. The Morgan fingerprint density at radius 1 is 0.406 bits per heavy atom.